The number of nitrogens with zero attached hydrogens (tertiary/aromatic N) is 1. The predicted octanol–water partition coefficient (Wildman–Crippen LogP) is 2.04. The number of amides is 1. The second-order valence-corrected chi connectivity index (χ2v) is 3.83. The molecule has 5 nitrogen and oxygen atoms in total. The van der Waals surface area contributed by atoms with E-state index < -0.39 is 0 Å². The number of nitrogens with one attached hydrogen (secondary N) is 1. The first-order valence-electron chi connectivity index (χ1n) is 5.86. The summed E-state index contributed by atoms with van der Waals surface area (Å²) in [5.41, 5.74) is 3.12. The molecular formula is C13H18N2O3. The Morgan fingerprint density at radius 1 is 1.56 bits per heavy atom. The van der Waals surface area contributed by atoms with Crippen molar-refractivity contribution in [3.63, 3.8) is 0 Å². The van der Waals surface area contributed by atoms with Crippen molar-refractivity contribution in [3.05, 3.63) is 23.8 Å². The highest BCUT2D eigenvalue weighted by molar-refractivity contribution is 5.83. The Balaban J connectivity index is 2.52. The summed E-state index contributed by atoms with van der Waals surface area (Å²) in [4.78, 5) is 11.3. The topological polar surface area (TPSA) is 70.9 Å². The van der Waals surface area contributed by atoms with Crippen LogP contribution < -0.4 is 10.2 Å². The number of hydrogen-bond acceptors (Lipinski definition) is 4. The maximum atomic E-state index is 11.3. The summed E-state index contributed by atoms with van der Waals surface area (Å²) in [5, 5.41) is 13.4. The molecule has 1 aromatic carbocycles. The quantitative estimate of drug-likeness (QED) is 0.599. The van der Waals surface area contributed by atoms with Gasteiger partial charge in [0.05, 0.1) is 13.3 Å². The molecule has 1 amide bonds. The molecule has 0 atom stereocenters. The minimum absolute atomic E-state index is 0.0405. The fourth-order valence-electron chi connectivity index (χ4n) is 1.36. The zero-order chi connectivity index (χ0) is 13.4. The molecule has 0 aromatic heterocycles. The van der Waals surface area contributed by atoms with Crippen LogP contribution in [0, 0.1) is 0 Å². The highest BCUT2D eigenvalue weighted by Crippen LogP contribution is 2.25. The van der Waals surface area contributed by atoms with Crippen molar-refractivity contribution in [2.75, 3.05) is 7.11 Å². The molecular weight excluding hydrogens is 232 g/mol. The van der Waals surface area contributed by atoms with E-state index in [1.165, 1.54) is 19.4 Å². The van der Waals surface area contributed by atoms with Crippen molar-refractivity contribution >= 4 is 12.1 Å². The van der Waals surface area contributed by atoms with E-state index >= 15 is 0 Å². The summed E-state index contributed by atoms with van der Waals surface area (Å²) in [5.74, 6) is 0.337. The van der Waals surface area contributed by atoms with Crippen LogP contribution in [0.15, 0.2) is 23.3 Å². The van der Waals surface area contributed by atoms with Crippen molar-refractivity contribution in [1.82, 2.24) is 5.43 Å². The molecule has 2 N–H and O–H groups in total. The Morgan fingerprint density at radius 3 is 2.94 bits per heavy atom. The van der Waals surface area contributed by atoms with Gasteiger partial charge in [-0.25, -0.2) is 5.43 Å². The highest BCUT2D eigenvalue weighted by Gasteiger charge is 2.01. The van der Waals surface area contributed by atoms with Gasteiger partial charge in [-0.3, -0.25) is 4.79 Å². The van der Waals surface area contributed by atoms with Crippen LogP contribution in [-0.2, 0) is 4.79 Å². The molecule has 98 valence electrons. The van der Waals surface area contributed by atoms with E-state index in [1.54, 1.807) is 12.1 Å². The Bertz CT molecular complexity index is 430. The van der Waals surface area contributed by atoms with Gasteiger partial charge in [0, 0.05) is 6.42 Å². The van der Waals surface area contributed by atoms with Gasteiger partial charge >= 0.3 is 0 Å². The molecule has 0 heterocycles. The number of carbonyl (C=O) groups is 1. The first-order chi connectivity index (χ1) is 8.67. The zero-order valence-corrected chi connectivity index (χ0v) is 10.6. The molecule has 0 aliphatic carbocycles. The fourth-order valence-corrected chi connectivity index (χ4v) is 1.36. The van der Waals surface area contributed by atoms with Crippen LogP contribution in [0.5, 0.6) is 11.5 Å². The molecule has 1 aromatic rings. The number of ether oxygens (including phenoxy) is 1. The third-order valence-electron chi connectivity index (χ3n) is 2.36. The minimum Gasteiger partial charge on any atom is -0.504 e. The molecule has 1 rings (SSSR count). The van der Waals surface area contributed by atoms with Crippen LogP contribution in [0.3, 0.4) is 0 Å². The summed E-state index contributed by atoms with van der Waals surface area (Å²) >= 11 is 0. The number of phenolic OH excluding ortho intramolecular Hbond substituents is 1. The highest BCUT2D eigenvalue weighted by atomic mass is 16.5. The van der Waals surface area contributed by atoms with Crippen LogP contribution in [0.1, 0.15) is 31.7 Å². The third-order valence-corrected chi connectivity index (χ3v) is 2.36. The molecule has 0 spiro atoms. The first-order valence-corrected chi connectivity index (χ1v) is 5.86. The lowest BCUT2D eigenvalue weighted by Gasteiger charge is -2.03. The Hall–Kier alpha value is -2.04. The summed E-state index contributed by atoms with van der Waals surface area (Å²) in [6, 6.07) is 4.89. The monoisotopic (exact) mass is 250 g/mol. The lowest BCUT2D eigenvalue weighted by Crippen LogP contribution is -2.16. The number of unbranched alkanes of at least 4 members (excludes halogenated alkanes) is 1. The Morgan fingerprint density at radius 2 is 2.33 bits per heavy atom. The SMILES string of the molecule is CCCCC(=O)N/N=C/c1ccc(OC)c(O)c1. The number of carbonyl (C=O) groups excluding carboxylic acids is 1. The van der Waals surface area contributed by atoms with E-state index in [4.69, 9.17) is 4.74 Å². The van der Waals surface area contributed by atoms with Crippen LogP contribution in [-0.4, -0.2) is 24.3 Å². The van der Waals surface area contributed by atoms with E-state index in [0.717, 1.165) is 12.8 Å². The predicted molar refractivity (Wildman–Crippen MR) is 69.9 cm³/mol. The summed E-state index contributed by atoms with van der Waals surface area (Å²) in [6.45, 7) is 2.02. The second-order valence-electron chi connectivity index (χ2n) is 3.83. The van der Waals surface area contributed by atoms with Gasteiger partial charge in [0.25, 0.3) is 0 Å². The van der Waals surface area contributed by atoms with Gasteiger partial charge in [0.15, 0.2) is 11.5 Å². The van der Waals surface area contributed by atoms with E-state index in [9.17, 15) is 9.90 Å². The number of aromatic hydroxyl groups is 1. The number of hydrogen-bond donors (Lipinski definition) is 2. The van der Waals surface area contributed by atoms with Gasteiger partial charge in [-0.15, -0.1) is 0 Å². The van der Waals surface area contributed by atoms with E-state index in [1.807, 2.05) is 6.92 Å². The fraction of sp³-hybridized carbons (Fsp3) is 0.385. The van der Waals surface area contributed by atoms with Crippen molar-refractivity contribution in [3.8, 4) is 11.5 Å². The van der Waals surface area contributed by atoms with E-state index in [2.05, 4.69) is 10.5 Å². The molecule has 5 heteroatoms. The molecule has 0 aliphatic rings. The number of benzene rings is 1. The first kappa shape index (κ1) is 14.0. The number of hydrazone groups is 1. The van der Waals surface area contributed by atoms with E-state index in [-0.39, 0.29) is 11.7 Å². The normalized spacial score (nSPS) is 10.6. The van der Waals surface area contributed by atoms with Gasteiger partial charge in [0.1, 0.15) is 0 Å². The van der Waals surface area contributed by atoms with Gasteiger partial charge in [0.2, 0.25) is 5.91 Å². The molecule has 0 fully saturated rings. The van der Waals surface area contributed by atoms with Crippen LogP contribution in [0.25, 0.3) is 0 Å². The maximum Gasteiger partial charge on any atom is 0.240 e. The molecule has 0 saturated carbocycles. The third kappa shape index (κ3) is 4.45. The lowest BCUT2D eigenvalue weighted by molar-refractivity contribution is -0.121. The standard InChI is InChI=1S/C13H18N2O3/c1-3-4-5-13(17)15-14-9-10-6-7-12(18-2)11(16)8-10/h6-9,16H,3-5H2,1-2H3,(H,15,17)/b14-9+. The van der Waals surface area contributed by atoms with Crippen molar-refractivity contribution in [1.29, 1.82) is 0 Å². The van der Waals surface area contributed by atoms with Crippen LogP contribution in [0.4, 0.5) is 0 Å². The van der Waals surface area contributed by atoms with Crippen LogP contribution in [0.2, 0.25) is 0 Å². The summed E-state index contributed by atoms with van der Waals surface area (Å²) in [6.07, 6.45) is 3.78. The van der Waals surface area contributed by atoms with E-state index in [0.29, 0.717) is 17.7 Å². The second kappa shape index (κ2) is 7.32. The number of phenols is 1. The average molecular weight is 250 g/mol. The Labute approximate surface area is 106 Å². The molecule has 0 unspecified atom stereocenters. The van der Waals surface area contributed by atoms with Crippen molar-refractivity contribution < 1.29 is 14.6 Å². The molecule has 0 aliphatic heterocycles. The molecule has 0 bridgehead atoms. The molecule has 18 heavy (non-hydrogen) atoms. The smallest absolute Gasteiger partial charge is 0.240 e. The van der Waals surface area contributed by atoms with Crippen molar-refractivity contribution in [2.24, 2.45) is 5.10 Å². The maximum absolute atomic E-state index is 11.3. The van der Waals surface area contributed by atoms with Gasteiger partial charge in [-0.2, -0.15) is 5.10 Å². The van der Waals surface area contributed by atoms with Crippen LogP contribution >= 0.6 is 0 Å². The van der Waals surface area contributed by atoms with Crippen molar-refractivity contribution in [2.45, 2.75) is 26.2 Å². The molecule has 0 radical (unpaired) electrons. The summed E-state index contributed by atoms with van der Waals surface area (Å²) in [7, 11) is 1.48. The minimum atomic E-state index is -0.106. The van der Waals surface area contributed by atoms with Gasteiger partial charge in [-0.05, 0) is 30.2 Å². The average Bonchev–Trinajstić information content (AvgIpc) is 2.36. The van der Waals surface area contributed by atoms with Gasteiger partial charge in [-0.1, -0.05) is 13.3 Å². The Kier molecular flexibility index (Phi) is 5.70. The number of methoxy groups -OCH3 is 1. The summed E-state index contributed by atoms with van der Waals surface area (Å²) < 4.78 is 4.92. The number of rotatable bonds is 6. The van der Waals surface area contributed by atoms with Gasteiger partial charge < -0.3 is 9.84 Å². The largest absolute Gasteiger partial charge is 0.504 e. The molecule has 0 saturated heterocycles. The lowest BCUT2D eigenvalue weighted by atomic mass is 10.2. The zero-order valence-electron chi connectivity index (χ0n) is 10.6.